The summed E-state index contributed by atoms with van der Waals surface area (Å²) in [5, 5.41) is 2.73. The third-order valence-corrected chi connectivity index (χ3v) is 3.87. The fourth-order valence-corrected chi connectivity index (χ4v) is 2.14. The summed E-state index contributed by atoms with van der Waals surface area (Å²) in [4.78, 5) is 11.9. The maximum Gasteiger partial charge on any atom is 0.228 e. The lowest BCUT2D eigenvalue weighted by molar-refractivity contribution is -0.115. The standard InChI is InChI=1S/C15H12BrF2NO/c1-9-3-2-4-13(15(9)16)19-14(20)8-10-5-6-11(17)12(18)7-10/h2-7H,8H2,1H3,(H,19,20). The lowest BCUT2D eigenvalue weighted by atomic mass is 10.1. The Morgan fingerprint density at radius 3 is 2.65 bits per heavy atom. The minimum absolute atomic E-state index is 0.0163. The number of nitrogens with one attached hydrogen (secondary N) is 1. The van der Waals surface area contributed by atoms with Crippen LogP contribution in [-0.4, -0.2) is 5.91 Å². The summed E-state index contributed by atoms with van der Waals surface area (Å²) in [6.07, 6.45) is -0.0163. The Morgan fingerprint density at radius 1 is 1.20 bits per heavy atom. The normalized spacial score (nSPS) is 10.4. The van der Waals surface area contributed by atoms with E-state index in [-0.39, 0.29) is 12.3 Å². The van der Waals surface area contributed by atoms with Crippen molar-refractivity contribution in [3.05, 3.63) is 63.6 Å². The summed E-state index contributed by atoms with van der Waals surface area (Å²) < 4.78 is 26.7. The second-order valence-electron chi connectivity index (χ2n) is 4.41. The first-order valence-corrected chi connectivity index (χ1v) is 6.75. The van der Waals surface area contributed by atoms with Gasteiger partial charge in [-0.05, 0) is 52.2 Å². The predicted octanol–water partition coefficient (Wildman–Crippen LogP) is 4.22. The second kappa shape index (κ2) is 6.13. The zero-order chi connectivity index (χ0) is 14.7. The van der Waals surface area contributed by atoms with Crippen LogP contribution in [0.15, 0.2) is 40.9 Å². The van der Waals surface area contributed by atoms with E-state index in [0.29, 0.717) is 11.3 Å². The maximum atomic E-state index is 13.1. The molecule has 0 unspecified atom stereocenters. The maximum absolute atomic E-state index is 13.1. The Hall–Kier alpha value is -1.75. The van der Waals surface area contributed by atoms with Gasteiger partial charge in [-0.2, -0.15) is 0 Å². The van der Waals surface area contributed by atoms with Gasteiger partial charge in [0, 0.05) is 4.47 Å². The van der Waals surface area contributed by atoms with Crippen molar-refractivity contribution in [1.29, 1.82) is 0 Å². The lowest BCUT2D eigenvalue weighted by Crippen LogP contribution is -2.15. The molecule has 0 spiro atoms. The van der Waals surface area contributed by atoms with Crippen LogP contribution in [-0.2, 0) is 11.2 Å². The Kier molecular flexibility index (Phi) is 4.49. The molecule has 2 aromatic rings. The fourth-order valence-electron chi connectivity index (χ4n) is 1.77. The van der Waals surface area contributed by atoms with Gasteiger partial charge < -0.3 is 5.32 Å². The van der Waals surface area contributed by atoms with E-state index in [1.807, 2.05) is 19.1 Å². The van der Waals surface area contributed by atoms with Crippen molar-refractivity contribution in [2.75, 3.05) is 5.32 Å². The average Bonchev–Trinajstić information content (AvgIpc) is 2.39. The summed E-state index contributed by atoms with van der Waals surface area (Å²) in [7, 11) is 0. The van der Waals surface area contributed by atoms with E-state index in [4.69, 9.17) is 0 Å². The van der Waals surface area contributed by atoms with Gasteiger partial charge >= 0.3 is 0 Å². The monoisotopic (exact) mass is 339 g/mol. The molecule has 0 heterocycles. The number of hydrogen-bond donors (Lipinski definition) is 1. The van der Waals surface area contributed by atoms with E-state index < -0.39 is 11.6 Å². The average molecular weight is 340 g/mol. The highest BCUT2D eigenvalue weighted by atomic mass is 79.9. The molecule has 2 rings (SSSR count). The van der Waals surface area contributed by atoms with Crippen LogP contribution < -0.4 is 5.32 Å². The SMILES string of the molecule is Cc1cccc(NC(=O)Cc2ccc(F)c(F)c2)c1Br. The molecule has 0 aliphatic carbocycles. The molecule has 1 amide bonds. The van der Waals surface area contributed by atoms with E-state index in [2.05, 4.69) is 21.2 Å². The van der Waals surface area contributed by atoms with Gasteiger partial charge in [-0.15, -0.1) is 0 Å². The third-order valence-electron chi connectivity index (χ3n) is 2.81. The van der Waals surface area contributed by atoms with Crippen LogP contribution in [0.1, 0.15) is 11.1 Å². The van der Waals surface area contributed by atoms with Gasteiger partial charge in [0.05, 0.1) is 12.1 Å². The molecule has 2 nitrogen and oxygen atoms in total. The number of amides is 1. The minimum Gasteiger partial charge on any atom is -0.325 e. The van der Waals surface area contributed by atoms with Crippen LogP contribution in [0.25, 0.3) is 0 Å². The molecule has 2 aromatic carbocycles. The Bertz CT molecular complexity index is 658. The number of hydrogen-bond acceptors (Lipinski definition) is 1. The van der Waals surface area contributed by atoms with Crippen LogP contribution in [0.4, 0.5) is 14.5 Å². The molecule has 1 N–H and O–H groups in total. The number of aryl methyl sites for hydroxylation is 1. The van der Waals surface area contributed by atoms with Gasteiger partial charge in [-0.25, -0.2) is 8.78 Å². The van der Waals surface area contributed by atoms with Crippen molar-refractivity contribution < 1.29 is 13.6 Å². The number of halogens is 3. The Balaban J connectivity index is 2.09. The van der Waals surface area contributed by atoms with Crippen LogP contribution in [0.3, 0.4) is 0 Å². The predicted molar refractivity (Wildman–Crippen MR) is 77.6 cm³/mol. The summed E-state index contributed by atoms with van der Waals surface area (Å²) in [6.45, 7) is 1.91. The van der Waals surface area contributed by atoms with Gasteiger partial charge in [0.15, 0.2) is 11.6 Å². The van der Waals surface area contributed by atoms with Gasteiger partial charge in [-0.3, -0.25) is 4.79 Å². The topological polar surface area (TPSA) is 29.1 Å². The highest BCUT2D eigenvalue weighted by Crippen LogP contribution is 2.25. The number of rotatable bonds is 3. The largest absolute Gasteiger partial charge is 0.325 e. The van der Waals surface area contributed by atoms with Gasteiger partial charge in [-0.1, -0.05) is 18.2 Å². The highest BCUT2D eigenvalue weighted by Gasteiger charge is 2.09. The number of benzene rings is 2. The van der Waals surface area contributed by atoms with Crippen molar-refractivity contribution >= 4 is 27.5 Å². The summed E-state index contributed by atoms with van der Waals surface area (Å²) in [5.74, 6) is -2.16. The molecule has 0 bridgehead atoms. The molecule has 0 aliphatic heterocycles. The molecular formula is C15H12BrF2NO. The van der Waals surface area contributed by atoms with Crippen molar-refractivity contribution in [3.63, 3.8) is 0 Å². The smallest absolute Gasteiger partial charge is 0.228 e. The van der Waals surface area contributed by atoms with Gasteiger partial charge in [0.1, 0.15) is 0 Å². The second-order valence-corrected chi connectivity index (χ2v) is 5.20. The fraction of sp³-hybridized carbons (Fsp3) is 0.133. The van der Waals surface area contributed by atoms with E-state index in [1.165, 1.54) is 6.07 Å². The lowest BCUT2D eigenvalue weighted by Gasteiger charge is -2.09. The van der Waals surface area contributed by atoms with Crippen molar-refractivity contribution in [2.45, 2.75) is 13.3 Å². The van der Waals surface area contributed by atoms with E-state index in [1.54, 1.807) is 6.07 Å². The molecule has 0 atom stereocenters. The first kappa shape index (κ1) is 14.7. The Labute approximate surface area is 123 Å². The highest BCUT2D eigenvalue weighted by molar-refractivity contribution is 9.10. The number of anilines is 1. The zero-order valence-corrected chi connectivity index (χ0v) is 12.3. The quantitative estimate of drug-likeness (QED) is 0.891. The summed E-state index contributed by atoms with van der Waals surface area (Å²) in [6, 6.07) is 8.94. The van der Waals surface area contributed by atoms with Gasteiger partial charge in [0.25, 0.3) is 0 Å². The van der Waals surface area contributed by atoms with Crippen LogP contribution >= 0.6 is 15.9 Å². The molecule has 0 radical (unpaired) electrons. The zero-order valence-electron chi connectivity index (χ0n) is 10.7. The van der Waals surface area contributed by atoms with Crippen LogP contribution in [0.5, 0.6) is 0 Å². The Morgan fingerprint density at radius 2 is 1.95 bits per heavy atom. The number of carbonyl (C=O) groups is 1. The molecule has 0 aromatic heterocycles. The van der Waals surface area contributed by atoms with Crippen molar-refractivity contribution in [1.82, 2.24) is 0 Å². The molecular weight excluding hydrogens is 328 g/mol. The number of carbonyl (C=O) groups excluding carboxylic acids is 1. The minimum atomic E-state index is -0.952. The van der Waals surface area contributed by atoms with E-state index >= 15 is 0 Å². The van der Waals surface area contributed by atoms with Gasteiger partial charge in [0.2, 0.25) is 5.91 Å². The van der Waals surface area contributed by atoms with E-state index in [9.17, 15) is 13.6 Å². The molecule has 0 saturated heterocycles. The van der Waals surface area contributed by atoms with Crippen LogP contribution in [0, 0.1) is 18.6 Å². The molecule has 104 valence electrons. The van der Waals surface area contributed by atoms with Crippen molar-refractivity contribution in [3.8, 4) is 0 Å². The third kappa shape index (κ3) is 3.42. The van der Waals surface area contributed by atoms with Crippen LogP contribution in [0.2, 0.25) is 0 Å². The first-order valence-electron chi connectivity index (χ1n) is 5.96. The molecule has 0 saturated carbocycles. The molecule has 20 heavy (non-hydrogen) atoms. The first-order chi connectivity index (χ1) is 9.47. The molecule has 0 fully saturated rings. The van der Waals surface area contributed by atoms with Crippen molar-refractivity contribution in [2.24, 2.45) is 0 Å². The molecule has 5 heteroatoms. The summed E-state index contributed by atoms with van der Waals surface area (Å²) >= 11 is 3.39. The molecule has 0 aliphatic rings. The summed E-state index contributed by atoms with van der Waals surface area (Å²) in [5.41, 5.74) is 2.07. The van der Waals surface area contributed by atoms with E-state index in [0.717, 1.165) is 22.2 Å².